The number of aromatic nitrogens is 2. The number of hydrogen-bond donors (Lipinski definition) is 2. The molecule has 0 bridgehead atoms. The standard InChI is InChI=1S/C21H29N5/c1-5-22-21(26(4)15-17-9-8-14-25(17)3)23-13-12-18-16(2)24-20-11-7-6-10-19(18)20/h6-11,14,24H,5,12-13,15H2,1-4H3,(H,22,23). The SMILES string of the molecule is CCNC(=NCCc1c(C)[nH]c2ccccc12)N(C)Cc1cccn1C. The zero-order valence-electron chi connectivity index (χ0n) is 16.2. The molecular formula is C21H29N5. The highest BCUT2D eigenvalue weighted by molar-refractivity contribution is 5.84. The lowest BCUT2D eigenvalue weighted by Crippen LogP contribution is -2.39. The summed E-state index contributed by atoms with van der Waals surface area (Å²) in [4.78, 5) is 10.5. The summed E-state index contributed by atoms with van der Waals surface area (Å²) >= 11 is 0. The molecule has 5 nitrogen and oxygen atoms in total. The Morgan fingerprint density at radius 1 is 1.23 bits per heavy atom. The van der Waals surface area contributed by atoms with Crippen LogP contribution < -0.4 is 5.32 Å². The number of fused-ring (bicyclic) bond motifs is 1. The Morgan fingerprint density at radius 2 is 2.04 bits per heavy atom. The molecule has 0 saturated carbocycles. The fourth-order valence-corrected chi connectivity index (χ4v) is 3.38. The van der Waals surface area contributed by atoms with Crippen LogP contribution >= 0.6 is 0 Å². The second-order valence-corrected chi connectivity index (χ2v) is 6.73. The molecule has 0 atom stereocenters. The van der Waals surface area contributed by atoms with Crippen molar-refractivity contribution in [3.63, 3.8) is 0 Å². The van der Waals surface area contributed by atoms with Gasteiger partial charge in [0, 0.05) is 55.7 Å². The van der Waals surface area contributed by atoms with Crippen LogP contribution in [0.3, 0.4) is 0 Å². The van der Waals surface area contributed by atoms with Crippen molar-refractivity contribution in [3.8, 4) is 0 Å². The van der Waals surface area contributed by atoms with E-state index in [4.69, 9.17) is 4.99 Å². The quantitative estimate of drug-likeness (QED) is 0.528. The van der Waals surface area contributed by atoms with Crippen LogP contribution in [0.5, 0.6) is 0 Å². The molecule has 5 heteroatoms. The highest BCUT2D eigenvalue weighted by atomic mass is 15.3. The molecule has 0 spiro atoms. The number of para-hydroxylation sites is 1. The first kappa shape index (κ1) is 18.1. The number of aliphatic imine (C=N–C) groups is 1. The molecule has 1 aromatic carbocycles. The van der Waals surface area contributed by atoms with Crippen molar-refractivity contribution in [3.05, 3.63) is 59.5 Å². The molecule has 3 aromatic rings. The van der Waals surface area contributed by atoms with Gasteiger partial charge in [0.1, 0.15) is 0 Å². The Morgan fingerprint density at radius 3 is 2.77 bits per heavy atom. The number of rotatable bonds is 6. The van der Waals surface area contributed by atoms with Crippen molar-refractivity contribution >= 4 is 16.9 Å². The molecule has 0 amide bonds. The normalized spacial score (nSPS) is 11.9. The maximum atomic E-state index is 4.85. The van der Waals surface area contributed by atoms with Gasteiger partial charge < -0.3 is 19.8 Å². The molecular weight excluding hydrogens is 322 g/mol. The van der Waals surface area contributed by atoms with Crippen LogP contribution in [0.2, 0.25) is 0 Å². The first-order valence-corrected chi connectivity index (χ1v) is 9.26. The minimum absolute atomic E-state index is 0.766. The van der Waals surface area contributed by atoms with Crippen molar-refractivity contribution in [1.29, 1.82) is 0 Å². The van der Waals surface area contributed by atoms with E-state index < -0.39 is 0 Å². The van der Waals surface area contributed by atoms with Gasteiger partial charge in [-0.05, 0) is 44.0 Å². The topological polar surface area (TPSA) is 48.4 Å². The zero-order valence-corrected chi connectivity index (χ0v) is 16.2. The number of nitrogens with one attached hydrogen (secondary N) is 2. The third-order valence-corrected chi connectivity index (χ3v) is 4.80. The van der Waals surface area contributed by atoms with Crippen LogP contribution in [-0.2, 0) is 20.0 Å². The Bertz CT molecular complexity index is 887. The maximum Gasteiger partial charge on any atom is 0.194 e. The molecule has 138 valence electrons. The largest absolute Gasteiger partial charge is 0.358 e. The van der Waals surface area contributed by atoms with E-state index in [1.165, 1.54) is 27.9 Å². The molecule has 0 radical (unpaired) electrons. The van der Waals surface area contributed by atoms with Gasteiger partial charge in [-0.25, -0.2) is 0 Å². The van der Waals surface area contributed by atoms with Gasteiger partial charge in [0.15, 0.2) is 5.96 Å². The lowest BCUT2D eigenvalue weighted by atomic mass is 10.1. The number of nitrogens with zero attached hydrogens (tertiary/aromatic N) is 3. The lowest BCUT2D eigenvalue weighted by Gasteiger charge is -2.22. The van der Waals surface area contributed by atoms with Crippen LogP contribution in [0, 0.1) is 6.92 Å². The van der Waals surface area contributed by atoms with Crippen molar-refractivity contribution in [2.45, 2.75) is 26.8 Å². The number of hydrogen-bond acceptors (Lipinski definition) is 1. The van der Waals surface area contributed by atoms with Gasteiger partial charge in [0.05, 0.1) is 6.54 Å². The van der Waals surface area contributed by atoms with Gasteiger partial charge in [0.25, 0.3) is 0 Å². The summed E-state index contributed by atoms with van der Waals surface area (Å²) in [5, 5.41) is 4.71. The average Bonchev–Trinajstić information content (AvgIpc) is 3.17. The Kier molecular flexibility index (Phi) is 5.66. The second kappa shape index (κ2) is 8.13. The van der Waals surface area contributed by atoms with Gasteiger partial charge in [-0.15, -0.1) is 0 Å². The summed E-state index contributed by atoms with van der Waals surface area (Å²) in [5.41, 5.74) is 5.08. The number of benzene rings is 1. The smallest absolute Gasteiger partial charge is 0.194 e. The number of H-pyrrole nitrogens is 1. The summed E-state index contributed by atoms with van der Waals surface area (Å²) < 4.78 is 2.15. The molecule has 3 rings (SSSR count). The third kappa shape index (κ3) is 3.93. The fraction of sp³-hybridized carbons (Fsp3) is 0.381. The lowest BCUT2D eigenvalue weighted by molar-refractivity contribution is 0.462. The fourth-order valence-electron chi connectivity index (χ4n) is 3.38. The van der Waals surface area contributed by atoms with Gasteiger partial charge in [-0.2, -0.15) is 0 Å². The predicted octanol–water partition coefficient (Wildman–Crippen LogP) is 3.45. The molecule has 0 saturated heterocycles. The van der Waals surface area contributed by atoms with Crippen molar-refractivity contribution in [2.75, 3.05) is 20.1 Å². The highest BCUT2D eigenvalue weighted by Crippen LogP contribution is 2.22. The molecule has 0 aliphatic rings. The average molecular weight is 351 g/mol. The summed E-state index contributed by atoms with van der Waals surface area (Å²) in [5.74, 6) is 0.950. The molecule has 0 aliphatic heterocycles. The second-order valence-electron chi connectivity index (χ2n) is 6.73. The van der Waals surface area contributed by atoms with Crippen molar-refractivity contribution < 1.29 is 0 Å². The molecule has 0 unspecified atom stereocenters. The first-order valence-electron chi connectivity index (χ1n) is 9.26. The van der Waals surface area contributed by atoms with Crippen LogP contribution in [0.1, 0.15) is 23.9 Å². The first-order chi connectivity index (χ1) is 12.6. The Balaban J connectivity index is 1.70. The highest BCUT2D eigenvalue weighted by Gasteiger charge is 2.10. The Labute approximate surface area is 155 Å². The van der Waals surface area contributed by atoms with Gasteiger partial charge in [-0.1, -0.05) is 18.2 Å². The van der Waals surface area contributed by atoms with E-state index >= 15 is 0 Å². The molecule has 2 aromatic heterocycles. The van der Waals surface area contributed by atoms with Crippen LogP contribution in [0.4, 0.5) is 0 Å². The maximum absolute atomic E-state index is 4.85. The monoisotopic (exact) mass is 351 g/mol. The van der Waals surface area contributed by atoms with Crippen LogP contribution in [0.25, 0.3) is 10.9 Å². The van der Waals surface area contributed by atoms with Crippen LogP contribution in [-0.4, -0.2) is 40.5 Å². The van der Waals surface area contributed by atoms with E-state index in [0.29, 0.717) is 0 Å². The summed E-state index contributed by atoms with van der Waals surface area (Å²) in [7, 11) is 4.17. The Hall–Kier alpha value is -2.69. The van der Waals surface area contributed by atoms with E-state index in [-0.39, 0.29) is 0 Å². The van der Waals surface area contributed by atoms with E-state index in [1.54, 1.807) is 0 Å². The third-order valence-electron chi connectivity index (χ3n) is 4.80. The number of guanidine groups is 1. The van der Waals surface area contributed by atoms with Gasteiger partial charge in [-0.3, -0.25) is 4.99 Å². The molecule has 26 heavy (non-hydrogen) atoms. The number of aryl methyl sites for hydroxylation is 2. The molecule has 2 N–H and O–H groups in total. The minimum Gasteiger partial charge on any atom is -0.358 e. The molecule has 0 fully saturated rings. The van der Waals surface area contributed by atoms with Gasteiger partial charge in [0.2, 0.25) is 0 Å². The van der Waals surface area contributed by atoms with Crippen molar-refractivity contribution in [2.24, 2.45) is 12.0 Å². The molecule has 2 heterocycles. The summed E-state index contributed by atoms with van der Waals surface area (Å²) in [6.07, 6.45) is 3.01. The van der Waals surface area contributed by atoms with E-state index in [1.807, 2.05) is 0 Å². The van der Waals surface area contributed by atoms with Crippen LogP contribution in [0.15, 0.2) is 47.6 Å². The van der Waals surface area contributed by atoms with Crippen molar-refractivity contribution in [1.82, 2.24) is 19.8 Å². The van der Waals surface area contributed by atoms with E-state index in [0.717, 1.165) is 32.0 Å². The minimum atomic E-state index is 0.766. The summed E-state index contributed by atoms with van der Waals surface area (Å²) in [6.45, 7) is 6.72. The molecule has 0 aliphatic carbocycles. The van der Waals surface area contributed by atoms with E-state index in [2.05, 4.69) is 90.3 Å². The summed E-state index contributed by atoms with van der Waals surface area (Å²) in [6, 6.07) is 12.7. The number of aromatic amines is 1. The predicted molar refractivity (Wildman–Crippen MR) is 110 cm³/mol. The van der Waals surface area contributed by atoms with Gasteiger partial charge >= 0.3 is 0 Å². The van der Waals surface area contributed by atoms with E-state index in [9.17, 15) is 0 Å². The zero-order chi connectivity index (χ0) is 18.5.